The van der Waals surface area contributed by atoms with Crippen LogP contribution >= 0.6 is 22.7 Å². The standard InChI is InChI=1S/C27H31N5O6S3/c1-26(2,3)41(33)31-27(6-8-36-9-7-27)23-28-16(15-39-23)14-37-20-10-17(34-4)11-21-18(20)12-22(38-21)19-13-32-24(29-19)40-25(30-32)35-5/h10-13,15,31H,6-9,14H2,1-5H3/t41-/m0/s1. The van der Waals surface area contributed by atoms with Gasteiger partial charge < -0.3 is 23.4 Å². The summed E-state index contributed by atoms with van der Waals surface area (Å²) in [5, 5.41) is 8.55. The van der Waals surface area contributed by atoms with Gasteiger partial charge in [0.05, 0.1) is 52.8 Å². The van der Waals surface area contributed by atoms with E-state index in [1.807, 2.05) is 44.4 Å². The molecule has 1 aromatic carbocycles. The van der Waals surface area contributed by atoms with E-state index in [9.17, 15) is 4.21 Å². The quantitative estimate of drug-likeness (QED) is 0.234. The zero-order valence-electron chi connectivity index (χ0n) is 23.4. The summed E-state index contributed by atoms with van der Waals surface area (Å²) in [5.74, 6) is 1.81. The van der Waals surface area contributed by atoms with Crippen molar-refractivity contribution in [3.05, 3.63) is 40.5 Å². The summed E-state index contributed by atoms with van der Waals surface area (Å²) in [5.41, 5.74) is 1.55. The van der Waals surface area contributed by atoms with Crippen LogP contribution in [0, 0.1) is 0 Å². The fourth-order valence-corrected chi connectivity index (χ4v) is 7.23. The van der Waals surface area contributed by atoms with Gasteiger partial charge >= 0.3 is 0 Å². The van der Waals surface area contributed by atoms with Crippen LogP contribution in [0.1, 0.15) is 44.3 Å². The summed E-state index contributed by atoms with van der Waals surface area (Å²) in [6, 6.07) is 5.56. The third kappa shape index (κ3) is 5.58. The van der Waals surface area contributed by atoms with E-state index in [2.05, 4.69) is 14.8 Å². The van der Waals surface area contributed by atoms with Gasteiger partial charge in [0.2, 0.25) is 4.96 Å². The maximum absolute atomic E-state index is 13.1. The van der Waals surface area contributed by atoms with Crippen molar-refractivity contribution in [3.8, 4) is 28.1 Å². The lowest BCUT2D eigenvalue weighted by Crippen LogP contribution is -2.51. The molecule has 0 aliphatic carbocycles. The maximum Gasteiger partial charge on any atom is 0.294 e. The number of imidazole rings is 1. The summed E-state index contributed by atoms with van der Waals surface area (Å²) >= 11 is 2.90. The molecule has 0 bridgehead atoms. The molecule has 1 N–H and O–H groups in total. The van der Waals surface area contributed by atoms with Crippen LogP contribution in [0.4, 0.5) is 0 Å². The van der Waals surface area contributed by atoms with Gasteiger partial charge in [0.25, 0.3) is 5.19 Å². The molecule has 0 amide bonds. The summed E-state index contributed by atoms with van der Waals surface area (Å²) in [6.45, 7) is 7.31. The summed E-state index contributed by atoms with van der Waals surface area (Å²) in [4.78, 5) is 10.3. The Kier molecular flexibility index (Phi) is 7.53. The molecule has 1 fully saturated rings. The number of fused-ring (bicyclic) bond motifs is 2. The number of nitrogens with zero attached hydrogens (tertiary/aromatic N) is 4. The predicted molar refractivity (Wildman–Crippen MR) is 158 cm³/mol. The van der Waals surface area contributed by atoms with Crippen LogP contribution < -0.4 is 18.9 Å². The molecule has 41 heavy (non-hydrogen) atoms. The first-order chi connectivity index (χ1) is 19.7. The molecule has 0 spiro atoms. The molecule has 5 heterocycles. The SMILES string of the molecule is COc1cc(OCc2csc(C3(N[S@@](=O)C(C)(C)C)CCOCC3)n2)c2cc(-c3cn4nc(OC)sc4n3)oc2c1. The van der Waals surface area contributed by atoms with Gasteiger partial charge in [-0.2, -0.15) is 0 Å². The molecule has 6 rings (SSSR count). The summed E-state index contributed by atoms with van der Waals surface area (Å²) in [6.07, 6.45) is 3.20. The van der Waals surface area contributed by atoms with E-state index in [1.54, 1.807) is 36.3 Å². The van der Waals surface area contributed by atoms with Crippen molar-refractivity contribution in [2.45, 2.75) is 50.5 Å². The molecule has 14 heteroatoms. The van der Waals surface area contributed by atoms with E-state index in [4.69, 9.17) is 28.3 Å². The molecule has 0 saturated carbocycles. The highest BCUT2D eigenvalue weighted by atomic mass is 32.2. The van der Waals surface area contributed by atoms with Crippen LogP contribution in [0.15, 0.2) is 34.2 Å². The van der Waals surface area contributed by atoms with Gasteiger partial charge in [-0.25, -0.2) is 23.4 Å². The molecule has 1 atom stereocenters. The zero-order valence-corrected chi connectivity index (χ0v) is 25.8. The van der Waals surface area contributed by atoms with E-state index < -0.39 is 21.3 Å². The molecule has 5 aromatic rings. The topological polar surface area (TPSA) is 122 Å². The van der Waals surface area contributed by atoms with Gasteiger partial charge in [0.1, 0.15) is 34.4 Å². The van der Waals surface area contributed by atoms with E-state index >= 15 is 0 Å². The summed E-state index contributed by atoms with van der Waals surface area (Å²) in [7, 11) is 1.93. The number of furan rings is 1. The van der Waals surface area contributed by atoms with Crippen molar-refractivity contribution >= 4 is 49.6 Å². The van der Waals surface area contributed by atoms with Crippen molar-refractivity contribution in [2.75, 3.05) is 27.4 Å². The average molecular weight is 618 g/mol. The Morgan fingerprint density at radius 3 is 2.66 bits per heavy atom. The fourth-order valence-electron chi connectivity index (χ4n) is 4.48. The molecule has 218 valence electrons. The van der Waals surface area contributed by atoms with Crippen LogP contribution in [0.5, 0.6) is 16.7 Å². The first-order valence-electron chi connectivity index (χ1n) is 13.0. The molecule has 0 unspecified atom stereocenters. The third-order valence-corrected chi connectivity index (χ3v) is 10.5. The first-order valence-corrected chi connectivity index (χ1v) is 15.9. The number of ether oxygens (including phenoxy) is 4. The Morgan fingerprint density at radius 2 is 1.95 bits per heavy atom. The number of thiazole rings is 1. The number of methoxy groups -OCH3 is 2. The molecule has 0 radical (unpaired) electrons. The molecule has 1 aliphatic heterocycles. The lowest BCUT2D eigenvalue weighted by Gasteiger charge is -2.37. The smallest absolute Gasteiger partial charge is 0.294 e. The van der Waals surface area contributed by atoms with Gasteiger partial charge in [0.15, 0.2) is 5.76 Å². The largest absolute Gasteiger partial charge is 0.496 e. The van der Waals surface area contributed by atoms with Crippen LogP contribution in [-0.2, 0) is 27.9 Å². The molecule has 4 aromatic heterocycles. The van der Waals surface area contributed by atoms with Gasteiger partial charge in [-0.05, 0) is 51.0 Å². The molecule has 1 aliphatic rings. The second-order valence-electron chi connectivity index (χ2n) is 10.7. The van der Waals surface area contributed by atoms with Crippen molar-refractivity contribution in [1.82, 2.24) is 24.3 Å². The monoisotopic (exact) mass is 617 g/mol. The zero-order chi connectivity index (χ0) is 28.8. The Morgan fingerprint density at radius 1 is 1.15 bits per heavy atom. The second kappa shape index (κ2) is 11.0. The number of benzene rings is 1. The Bertz CT molecular complexity index is 1680. The highest BCUT2D eigenvalue weighted by molar-refractivity contribution is 7.84. The lowest BCUT2D eigenvalue weighted by atomic mass is 9.92. The normalized spacial score (nSPS) is 16.3. The first kappa shape index (κ1) is 28.1. The van der Waals surface area contributed by atoms with Crippen LogP contribution in [0.3, 0.4) is 0 Å². The van der Waals surface area contributed by atoms with Crippen LogP contribution in [0.25, 0.3) is 27.4 Å². The second-order valence-corrected chi connectivity index (χ2v) is 14.4. The van der Waals surface area contributed by atoms with Crippen LogP contribution in [0.2, 0.25) is 0 Å². The fraction of sp³-hybridized carbons (Fsp3) is 0.444. The highest BCUT2D eigenvalue weighted by Crippen LogP contribution is 2.39. The third-order valence-electron chi connectivity index (χ3n) is 6.79. The molecular formula is C27H31N5O6S3. The number of nitrogens with one attached hydrogen (secondary N) is 1. The Hall–Kier alpha value is -3.04. The number of aromatic nitrogens is 4. The maximum atomic E-state index is 13.1. The minimum absolute atomic E-state index is 0.248. The average Bonchev–Trinajstić information content (AvgIpc) is 3.74. The van der Waals surface area contributed by atoms with Gasteiger partial charge in [0, 0.05) is 30.7 Å². The Balaban J connectivity index is 1.25. The van der Waals surface area contributed by atoms with Gasteiger partial charge in [-0.15, -0.1) is 16.4 Å². The van der Waals surface area contributed by atoms with Crippen molar-refractivity contribution in [2.24, 2.45) is 0 Å². The van der Waals surface area contributed by atoms with Gasteiger partial charge in [-0.1, -0.05) is 0 Å². The van der Waals surface area contributed by atoms with E-state index in [-0.39, 0.29) is 6.61 Å². The number of hydrogen-bond donors (Lipinski definition) is 1. The van der Waals surface area contributed by atoms with Crippen molar-refractivity contribution < 1.29 is 27.6 Å². The highest BCUT2D eigenvalue weighted by Gasteiger charge is 2.40. The predicted octanol–water partition coefficient (Wildman–Crippen LogP) is 5.31. The molecule has 1 saturated heterocycles. The van der Waals surface area contributed by atoms with Gasteiger partial charge in [-0.3, -0.25) is 0 Å². The minimum atomic E-state index is -1.25. The summed E-state index contributed by atoms with van der Waals surface area (Å²) < 4.78 is 46.5. The molecule has 11 nitrogen and oxygen atoms in total. The Labute approximate surface area is 247 Å². The number of hydrogen-bond acceptors (Lipinski definition) is 11. The minimum Gasteiger partial charge on any atom is -0.496 e. The van der Waals surface area contributed by atoms with Crippen molar-refractivity contribution in [3.63, 3.8) is 0 Å². The van der Waals surface area contributed by atoms with E-state index in [1.165, 1.54) is 11.3 Å². The number of rotatable bonds is 9. The molecular weight excluding hydrogens is 587 g/mol. The van der Waals surface area contributed by atoms with Crippen LogP contribution in [-0.4, -0.2) is 56.0 Å². The lowest BCUT2D eigenvalue weighted by molar-refractivity contribution is 0.0460. The van der Waals surface area contributed by atoms with E-state index in [0.717, 1.165) is 16.1 Å². The van der Waals surface area contributed by atoms with Crippen molar-refractivity contribution in [1.29, 1.82) is 0 Å². The van der Waals surface area contributed by atoms with E-state index in [0.29, 0.717) is 64.7 Å².